The third-order valence-electron chi connectivity index (χ3n) is 4.58. The van der Waals surface area contributed by atoms with E-state index in [1.807, 2.05) is 0 Å². The molecule has 1 saturated heterocycles. The number of benzene rings is 1. The van der Waals surface area contributed by atoms with E-state index in [0.29, 0.717) is 17.5 Å². The van der Waals surface area contributed by atoms with E-state index in [1.165, 1.54) is 18.9 Å². The van der Waals surface area contributed by atoms with E-state index >= 15 is 0 Å². The summed E-state index contributed by atoms with van der Waals surface area (Å²) in [4.78, 5) is 12.6. The number of hydrogen-bond acceptors (Lipinski definition) is 2. The molecule has 1 aliphatic carbocycles. The fraction of sp³-hybridized carbons (Fsp3) is 0.562. The van der Waals surface area contributed by atoms with Gasteiger partial charge in [0, 0.05) is 17.0 Å². The lowest BCUT2D eigenvalue weighted by Gasteiger charge is -2.37. The maximum Gasteiger partial charge on any atom is 0.169 e. The molecule has 1 aromatic rings. The zero-order valence-electron chi connectivity index (χ0n) is 11.3. The number of carbonyl (C=O) groups is 1. The normalized spacial score (nSPS) is 25.0. The summed E-state index contributed by atoms with van der Waals surface area (Å²) in [5.74, 6) is -0.599. The largest absolute Gasteiger partial charge is 0.375 e. The van der Waals surface area contributed by atoms with Crippen molar-refractivity contribution in [1.29, 1.82) is 0 Å². The van der Waals surface area contributed by atoms with E-state index in [4.69, 9.17) is 4.74 Å². The topological polar surface area (TPSA) is 26.3 Å². The minimum atomic E-state index is -0.434. The average molecular weight is 341 g/mol. The SMILES string of the molecule is O=C(c1ccc(Br)cc1F)C1CCOC2(CCCC2)C1. The number of ketones is 1. The highest BCUT2D eigenvalue weighted by Gasteiger charge is 2.42. The number of Topliss-reactive ketones (excluding diaryl/α,β-unsaturated/α-hetero) is 1. The Kier molecular flexibility index (Phi) is 3.95. The number of hydrogen-bond donors (Lipinski definition) is 0. The Hall–Kier alpha value is -0.740. The highest BCUT2D eigenvalue weighted by atomic mass is 79.9. The molecule has 108 valence electrons. The van der Waals surface area contributed by atoms with Crippen molar-refractivity contribution in [2.45, 2.75) is 44.1 Å². The van der Waals surface area contributed by atoms with Gasteiger partial charge in [-0.05, 0) is 43.9 Å². The second kappa shape index (κ2) is 5.57. The Morgan fingerprint density at radius 2 is 2.10 bits per heavy atom. The van der Waals surface area contributed by atoms with Gasteiger partial charge < -0.3 is 4.74 Å². The second-order valence-electron chi connectivity index (χ2n) is 5.92. The maximum absolute atomic E-state index is 13.9. The van der Waals surface area contributed by atoms with Crippen LogP contribution in [0.1, 0.15) is 48.9 Å². The highest BCUT2D eigenvalue weighted by molar-refractivity contribution is 9.10. The summed E-state index contributed by atoms with van der Waals surface area (Å²) in [5, 5.41) is 0. The van der Waals surface area contributed by atoms with Crippen LogP contribution in [0.5, 0.6) is 0 Å². The molecule has 1 spiro atoms. The Labute approximate surface area is 126 Å². The van der Waals surface area contributed by atoms with Crippen LogP contribution in [0.2, 0.25) is 0 Å². The van der Waals surface area contributed by atoms with Gasteiger partial charge in [-0.25, -0.2) is 4.39 Å². The molecule has 1 atom stereocenters. The van der Waals surface area contributed by atoms with Crippen LogP contribution in [0, 0.1) is 11.7 Å². The van der Waals surface area contributed by atoms with Crippen molar-refractivity contribution in [2.24, 2.45) is 5.92 Å². The van der Waals surface area contributed by atoms with Crippen molar-refractivity contribution in [2.75, 3.05) is 6.61 Å². The molecule has 1 aliphatic heterocycles. The van der Waals surface area contributed by atoms with Crippen molar-refractivity contribution >= 4 is 21.7 Å². The van der Waals surface area contributed by atoms with E-state index in [0.717, 1.165) is 19.3 Å². The van der Waals surface area contributed by atoms with Gasteiger partial charge in [-0.2, -0.15) is 0 Å². The van der Waals surface area contributed by atoms with Crippen LogP contribution in [0.4, 0.5) is 4.39 Å². The van der Waals surface area contributed by atoms with Gasteiger partial charge in [0.15, 0.2) is 5.78 Å². The molecule has 0 aromatic heterocycles. The first-order chi connectivity index (χ1) is 9.60. The Balaban J connectivity index is 1.79. The van der Waals surface area contributed by atoms with Gasteiger partial charge >= 0.3 is 0 Å². The van der Waals surface area contributed by atoms with Gasteiger partial charge in [0.25, 0.3) is 0 Å². The first-order valence-electron chi connectivity index (χ1n) is 7.23. The molecule has 0 N–H and O–H groups in total. The summed E-state index contributed by atoms with van der Waals surface area (Å²) in [6.07, 6.45) is 5.89. The first-order valence-corrected chi connectivity index (χ1v) is 8.02. The molecule has 20 heavy (non-hydrogen) atoms. The van der Waals surface area contributed by atoms with Gasteiger partial charge in [0.05, 0.1) is 11.2 Å². The lowest BCUT2D eigenvalue weighted by atomic mass is 9.80. The van der Waals surface area contributed by atoms with Crippen molar-refractivity contribution in [3.8, 4) is 0 Å². The van der Waals surface area contributed by atoms with Gasteiger partial charge in [-0.15, -0.1) is 0 Å². The van der Waals surface area contributed by atoms with Crippen LogP contribution < -0.4 is 0 Å². The fourth-order valence-corrected chi connectivity index (χ4v) is 3.86. The maximum atomic E-state index is 13.9. The molecule has 2 nitrogen and oxygen atoms in total. The van der Waals surface area contributed by atoms with E-state index in [2.05, 4.69) is 15.9 Å². The summed E-state index contributed by atoms with van der Waals surface area (Å²) >= 11 is 3.22. The summed E-state index contributed by atoms with van der Waals surface area (Å²) in [7, 11) is 0. The van der Waals surface area contributed by atoms with E-state index in [-0.39, 0.29) is 22.9 Å². The van der Waals surface area contributed by atoms with Crippen LogP contribution >= 0.6 is 15.9 Å². The predicted molar refractivity (Wildman–Crippen MR) is 78.3 cm³/mol. The number of carbonyl (C=O) groups excluding carboxylic acids is 1. The molecular weight excluding hydrogens is 323 g/mol. The molecule has 4 heteroatoms. The molecular formula is C16H18BrFO2. The third-order valence-corrected chi connectivity index (χ3v) is 5.07. The molecule has 3 rings (SSSR count). The standard InChI is InChI=1S/C16H18BrFO2/c17-12-3-4-13(14(18)9-12)15(19)11-5-8-20-16(10-11)6-1-2-7-16/h3-4,9,11H,1-2,5-8,10H2. The molecule has 1 heterocycles. The Morgan fingerprint density at radius 1 is 1.35 bits per heavy atom. The molecule has 0 bridgehead atoms. The minimum Gasteiger partial charge on any atom is -0.375 e. The smallest absolute Gasteiger partial charge is 0.169 e. The summed E-state index contributed by atoms with van der Waals surface area (Å²) < 4.78 is 20.5. The molecule has 2 fully saturated rings. The van der Waals surface area contributed by atoms with Gasteiger partial charge in [-0.3, -0.25) is 4.79 Å². The first kappa shape index (κ1) is 14.2. The zero-order valence-corrected chi connectivity index (χ0v) is 12.9. The lowest BCUT2D eigenvalue weighted by molar-refractivity contribution is -0.0866. The number of halogens is 2. The van der Waals surface area contributed by atoms with Crippen LogP contribution in [-0.2, 0) is 4.74 Å². The molecule has 2 aliphatic rings. The fourth-order valence-electron chi connectivity index (χ4n) is 3.53. The molecule has 1 unspecified atom stereocenters. The van der Waals surface area contributed by atoms with Crippen LogP contribution in [0.25, 0.3) is 0 Å². The van der Waals surface area contributed by atoms with E-state index < -0.39 is 5.82 Å². The zero-order chi connectivity index (χ0) is 14.2. The highest BCUT2D eigenvalue weighted by Crippen LogP contribution is 2.42. The number of ether oxygens (including phenoxy) is 1. The monoisotopic (exact) mass is 340 g/mol. The van der Waals surface area contributed by atoms with Crippen molar-refractivity contribution in [1.82, 2.24) is 0 Å². The minimum absolute atomic E-state index is 0.0652. The third kappa shape index (κ3) is 2.68. The van der Waals surface area contributed by atoms with Gasteiger partial charge in [0.2, 0.25) is 0 Å². The number of rotatable bonds is 2. The van der Waals surface area contributed by atoms with Crippen LogP contribution in [0.3, 0.4) is 0 Å². The average Bonchev–Trinajstić information content (AvgIpc) is 2.86. The molecule has 1 aromatic carbocycles. The molecule has 1 saturated carbocycles. The summed E-state index contributed by atoms with van der Waals surface area (Å²) in [5.41, 5.74) is 0.109. The van der Waals surface area contributed by atoms with Crippen LogP contribution in [-0.4, -0.2) is 18.0 Å². The molecule has 0 radical (unpaired) electrons. The van der Waals surface area contributed by atoms with Crippen molar-refractivity contribution in [3.63, 3.8) is 0 Å². The van der Waals surface area contributed by atoms with Gasteiger partial charge in [-0.1, -0.05) is 28.8 Å². The Bertz CT molecular complexity index is 523. The molecule has 0 amide bonds. The summed E-state index contributed by atoms with van der Waals surface area (Å²) in [6, 6.07) is 4.66. The second-order valence-corrected chi connectivity index (χ2v) is 6.83. The van der Waals surface area contributed by atoms with Gasteiger partial charge in [0.1, 0.15) is 5.82 Å². The summed E-state index contributed by atoms with van der Waals surface area (Å²) in [6.45, 7) is 0.620. The van der Waals surface area contributed by atoms with E-state index in [9.17, 15) is 9.18 Å². The quantitative estimate of drug-likeness (QED) is 0.740. The Morgan fingerprint density at radius 3 is 2.80 bits per heavy atom. The van der Waals surface area contributed by atoms with Crippen molar-refractivity contribution < 1.29 is 13.9 Å². The van der Waals surface area contributed by atoms with Crippen molar-refractivity contribution in [3.05, 3.63) is 34.1 Å². The lowest BCUT2D eigenvalue weighted by Crippen LogP contribution is -2.39. The van der Waals surface area contributed by atoms with E-state index in [1.54, 1.807) is 12.1 Å². The van der Waals surface area contributed by atoms with Crippen LogP contribution in [0.15, 0.2) is 22.7 Å². The predicted octanol–water partition coefficient (Wildman–Crippen LogP) is 4.51.